The van der Waals surface area contributed by atoms with E-state index < -0.39 is 0 Å². The monoisotopic (exact) mass is 310 g/mol. The van der Waals surface area contributed by atoms with Crippen LogP contribution in [0.25, 0.3) is 11.0 Å². The molecule has 0 spiro atoms. The fourth-order valence-electron chi connectivity index (χ4n) is 2.74. The second-order valence-electron chi connectivity index (χ2n) is 5.57. The minimum Gasteiger partial charge on any atom is -0.493 e. The summed E-state index contributed by atoms with van der Waals surface area (Å²) in [6, 6.07) is 16.3. The van der Waals surface area contributed by atoms with Gasteiger partial charge in [-0.3, -0.25) is 0 Å². The average molecular weight is 310 g/mol. The Kier molecular flexibility index (Phi) is 4.93. The third-order valence-electron chi connectivity index (χ3n) is 3.88. The molecule has 0 saturated heterocycles. The first kappa shape index (κ1) is 15.6. The normalized spacial score (nSPS) is 11.0. The SMILES string of the molecule is COCc1nc2ccccc2n1CCCOc1ccccc1C. The van der Waals surface area contributed by atoms with Crippen molar-refractivity contribution < 1.29 is 9.47 Å². The number of ether oxygens (including phenoxy) is 2. The van der Waals surface area contributed by atoms with Crippen LogP contribution in [-0.2, 0) is 17.9 Å². The highest BCUT2D eigenvalue weighted by Crippen LogP contribution is 2.19. The van der Waals surface area contributed by atoms with Crippen molar-refractivity contribution in [2.75, 3.05) is 13.7 Å². The smallest absolute Gasteiger partial charge is 0.135 e. The molecule has 0 amide bonds. The van der Waals surface area contributed by atoms with Crippen LogP contribution in [0.2, 0.25) is 0 Å². The molecule has 0 unspecified atom stereocenters. The summed E-state index contributed by atoms with van der Waals surface area (Å²) in [6.45, 7) is 4.14. The molecule has 0 aliphatic rings. The van der Waals surface area contributed by atoms with Gasteiger partial charge in [0.2, 0.25) is 0 Å². The summed E-state index contributed by atoms with van der Waals surface area (Å²) in [4.78, 5) is 4.65. The third-order valence-corrected chi connectivity index (χ3v) is 3.88. The highest BCUT2D eigenvalue weighted by Gasteiger charge is 2.09. The molecule has 4 nitrogen and oxygen atoms in total. The van der Waals surface area contributed by atoms with Crippen LogP contribution < -0.4 is 4.74 Å². The van der Waals surface area contributed by atoms with Crippen LogP contribution in [0.4, 0.5) is 0 Å². The molecule has 2 aromatic carbocycles. The molecule has 4 heteroatoms. The van der Waals surface area contributed by atoms with Crippen molar-refractivity contribution in [1.29, 1.82) is 0 Å². The van der Waals surface area contributed by atoms with E-state index in [1.54, 1.807) is 7.11 Å². The number of methoxy groups -OCH3 is 1. The van der Waals surface area contributed by atoms with Gasteiger partial charge in [0.25, 0.3) is 0 Å². The lowest BCUT2D eigenvalue weighted by Gasteiger charge is -2.11. The topological polar surface area (TPSA) is 36.3 Å². The molecule has 0 N–H and O–H groups in total. The molecular weight excluding hydrogens is 288 g/mol. The van der Waals surface area contributed by atoms with Gasteiger partial charge in [-0.2, -0.15) is 0 Å². The van der Waals surface area contributed by atoms with Crippen molar-refractivity contribution >= 4 is 11.0 Å². The molecule has 23 heavy (non-hydrogen) atoms. The number of aryl methyl sites for hydroxylation is 2. The van der Waals surface area contributed by atoms with E-state index in [2.05, 4.69) is 28.6 Å². The van der Waals surface area contributed by atoms with E-state index in [1.807, 2.05) is 36.4 Å². The van der Waals surface area contributed by atoms with Crippen molar-refractivity contribution in [3.8, 4) is 5.75 Å². The maximum Gasteiger partial charge on any atom is 0.135 e. The van der Waals surface area contributed by atoms with Crippen molar-refractivity contribution in [2.45, 2.75) is 26.5 Å². The number of aromatic nitrogens is 2. The molecule has 0 aliphatic carbocycles. The minimum atomic E-state index is 0.521. The number of rotatable bonds is 7. The highest BCUT2D eigenvalue weighted by molar-refractivity contribution is 5.75. The zero-order valence-corrected chi connectivity index (χ0v) is 13.7. The molecule has 0 atom stereocenters. The van der Waals surface area contributed by atoms with Gasteiger partial charge >= 0.3 is 0 Å². The van der Waals surface area contributed by atoms with Gasteiger partial charge in [-0.25, -0.2) is 4.98 Å². The number of hydrogen-bond donors (Lipinski definition) is 0. The molecule has 0 bridgehead atoms. The zero-order valence-electron chi connectivity index (χ0n) is 13.7. The molecule has 0 radical (unpaired) electrons. The molecule has 1 heterocycles. The summed E-state index contributed by atoms with van der Waals surface area (Å²) in [6.07, 6.45) is 0.922. The molecule has 0 aliphatic heterocycles. The van der Waals surface area contributed by atoms with Crippen LogP contribution in [0.1, 0.15) is 17.8 Å². The van der Waals surface area contributed by atoms with Gasteiger partial charge in [0.1, 0.15) is 18.2 Å². The maximum atomic E-state index is 5.88. The first-order valence-corrected chi connectivity index (χ1v) is 7.91. The minimum absolute atomic E-state index is 0.521. The lowest BCUT2D eigenvalue weighted by atomic mass is 10.2. The molecule has 0 fully saturated rings. The Hall–Kier alpha value is -2.33. The van der Waals surface area contributed by atoms with E-state index in [4.69, 9.17) is 9.47 Å². The van der Waals surface area contributed by atoms with Crippen LogP contribution in [0.3, 0.4) is 0 Å². The second-order valence-corrected chi connectivity index (χ2v) is 5.57. The zero-order chi connectivity index (χ0) is 16.1. The Morgan fingerprint density at radius 3 is 2.65 bits per heavy atom. The van der Waals surface area contributed by atoms with Crippen molar-refractivity contribution in [2.24, 2.45) is 0 Å². The van der Waals surface area contributed by atoms with E-state index in [1.165, 1.54) is 5.56 Å². The summed E-state index contributed by atoms with van der Waals surface area (Å²) >= 11 is 0. The first-order valence-electron chi connectivity index (χ1n) is 7.91. The number of fused-ring (bicyclic) bond motifs is 1. The van der Waals surface area contributed by atoms with Crippen molar-refractivity contribution in [1.82, 2.24) is 9.55 Å². The fourth-order valence-corrected chi connectivity index (χ4v) is 2.74. The standard InChI is InChI=1S/C19H22N2O2/c1-15-8-3-6-11-18(15)23-13-7-12-21-17-10-5-4-9-16(17)20-19(21)14-22-2/h3-6,8-11H,7,12-14H2,1-2H3. The van der Waals surface area contributed by atoms with E-state index in [9.17, 15) is 0 Å². The highest BCUT2D eigenvalue weighted by atomic mass is 16.5. The van der Waals surface area contributed by atoms with Crippen molar-refractivity contribution in [3.05, 3.63) is 59.9 Å². The second kappa shape index (κ2) is 7.29. The van der Waals surface area contributed by atoms with Crippen molar-refractivity contribution in [3.63, 3.8) is 0 Å². The quantitative estimate of drug-likeness (QED) is 0.620. The largest absolute Gasteiger partial charge is 0.493 e. The number of nitrogens with zero attached hydrogens (tertiary/aromatic N) is 2. The molecule has 3 rings (SSSR count). The van der Waals surface area contributed by atoms with Gasteiger partial charge in [0.05, 0.1) is 17.6 Å². The van der Waals surface area contributed by atoms with E-state index >= 15 is 0 Å². The summed E-state index contributed by atoms with van der Waals surface area (Å²) in [5.41, 5.74) is 3.33. The summed E-state index contributed by atoms with van der Waals surface area (Å²) in [5, 5.41) is 0. The summed E-state index contributed by atoms with van der Waals surface area (Å²) < 4.78 is 13.4. The number of hydrogen-bond acceptors (Lipinski definition) is 3. The van der Waals surface area contributed by atoms with Gasteiger partial charge < -0.3 is 14.0 Å². The molecule has 0 saturated carbocycles. The summed E-state index contributed by atoms with van der Waals surface area (Å²) in [5.74, 6) is 1.92. The lowest BCUT2D eigenvalue weighted by Crippen LogP contribution is -2.08. The average Bonchev–Trinajstić information content (AvgIpc) is 2.91. The Bertz CT molecular complexity index is 780. The van der Waals surface area contributed by atoms with Crippen LogP contribution in [0, 0.1) is 6.92 Å². The fraction of sp³-hybridized carbons (Fsp3) is 0.316. The lowest BCUT2D eigenvalue weighted by molar-refractivity contribution is 0.174. The molecule has 3 aromatic rings. The van der Waals surface area contributed by atoms with Gasteiger partial charge in [0, 0.05) is 13.7 Å². The number of benzene rings is 2. The van der Waals surface area contributed by atoms with Crippen LogP contribution in [0.15, 0.2) is 48.5 Å². The third kappa shape index (κ3) is 3.54. The Morgan fingerprint density at radius 1 is 1.04 bits per heavy atom. The Balaban J connectivity index is 1.67. The van der Waals surface area contributed by atoms with Gasteiger partial charge in [-0.05, 0) is 37.1 Å². The van der Waals surface area contributed by atoms with E-state index in [0.717, 1.165) is 35.6 Å². The molecule has 120 valence electrons. The van der Waals surface area contributed by atoms with E-state index in [-0.39, 0.29) is 0 Å². The first-order chi connectivity index (χ1) is 11.3. The van der Waals surface area contributed by atoms with Gasteiger partial charge in [-0.1, -0.05) is 30.3 Å². The van der Waals surface area contributed by atoms with Crippen LogP contribution in [-0.4, -0.2) is 23.3 Å². The van der Waals surface area contributed by atoms with E-state index in [0.29, 0.717) is 13.2 Å². The Morgan fingerprint density at radius 2 is 1.83 bits per heavy atom. The van der Waals surface area contributed by atoms with Gasteiger partial charge in [-0.15, -0.1) is 0 Å². The predicted octanol–water partition coefficient (Wildman–Crippen LogP) is 3.96. The van der Waals surface area contributed by atoms with Crippen LogP contribution in [0.5, 0.6) is 5.75 Å². The summed E-state index contributed by atoms with van der Waals surface area (Å²) in [7, 11) is 1.70. The number of para-hydroxylation sites is 3. The van der Waals surface area contributed by atoms with Gasteiger partial charge in [0.15, 0.2) is 0 Å². The Labute approximate surface area is 136 Å². The molecule has 1 aromatic heterocycles. The molecular formula is C19H22N2O2. The predicted molar refractivity (Wildman–Crippen MR) is 91.7 cm³/mol. The number of imidazole rings is 1. The maximum absolute atomic E-state index is 5.88. The van der Waals surface area contributed by atoms with Crippen LogP contribution >= 0.6 is 0 Å².